The normalized spacial score (nSPS) is 11.4. The molecule has 0 aliphatic heterocycles. The van der Waals surface area contributed by atoms with Crippen molar-refractivity contribution < 1.29 is 17.9 Å². The maximum absolute atomic E-state index is 13.3. The van der Waals surface area contributed by atoms with Gasteiger partial charge in [-0.15, -0.1) is 0 Å². The van der Waals surface area contributed by atoms with Crippen LogP contribution in [0.25, 0.3) is 0 Å². The van der Waals surface area contributed by atoms with Crippen molar-refractivity contribution in [2.45, 2.75) is 25.2 Å². The molecule has 34 heavy (non-hydrogen) atoms. The highest BCUT2D eigenvalue weighted by Crippen LogP contribution is 2.26. The number of benzene rings is 3. The molecule has 0 heterocycles. The second kappa shape index (κ2) is 11.7. The molecule has 1 amide bonds. The van der Waals surface area contributed by atoms with Crippen molar-refractivity contribution in [3.63, 3.8) is 0 Å². The van der Waals surface area contributed by atoms with Gasteiger partial charge in [-0.25, -0.2) is 13.8 Å². The zero-order chi connectivity index (χ0) is 24.6. The molecule has 0 aliphatic rings. The Balaban J connectivity index is 1.75. The predicted octanol–water partition coefficient (Wildman–Crippen LogP) is 4.78. The van der Waals surface area contributed by atoms with Crippen molar-refractivity contribution in [3.8, 4) is 5.75 Å². The predicted molar refractivity (Wildman–Crippen MR) is 135 cm³/mol. The summed E-state index contributed by atoms with van der Waals surface area (Å²) in [6.45, 7) is 4.06. The van der Waals surface area contributed by atoms with E-state index in [1.165, 1.54) is 24.4 Å². The Labute approximate surface area is 205 Å². The molecule has 0 aromatic heterocycles. The van der Waals surface area contributed by atoms with E-state index in [-0.39, 0.29) is 10.6 Å². The summed E-state index contributed by atoms with van der Waals surface area (Å²) in [7, 11) is -4.02. The molecule has 0 bridgehead atoms. The van der Waals surface area contributed by atoms with Gasteiger partial charge in [0.05, 0.1) is 23.4 Å². The lowest BCUT2D eigenvalue weighted by Crippen LogP contribution is -2.39. The highest BCUT2D eigenvalue weighted by Gasteiger charge is 2.27. The van der Waals surface area contributed by atoms with Crippen molar-refractivity contribution >= 4 is 39.4 Å². The van der Waals surface area contributed by atoms with Gasteiger partial charge < -0.3 is 4.74 Å². The monoisotopic (exact) mass is 499 g/mol. The summed E-state index contributed by atoms with van der Waals surface area (Å²) in [6, 6.07) is 20.0. The molecular weight excluding hydrogens is 474 g/mol. The first kappa shape index (κ1) is 25.3. The lowest BCUT2D eigenvalue weighted by atomic mass is 10.2. The van der Waals surface area contributed by atoms with Gasteiger partial charge in [-0.3, -0.25) is 9.10 Å². The summed E-state index contributed by atoms with van der Waals surface area (Å²) in [6.07, 6.45) is 2.39. The minimum Gasteiger partial charge on any atom is -0.494 e. The summed E-state index contributed by atoms with van der Waals surface area (Å²) in [5.41, 5.74) is 4.34. The standard InChI is InChI=1S/C25H26ClN3O4S/c1-3-15-33-23-11-9-20(10-12-23)17-27-28-25(30)18-29(22-6-4-5-21(26)16-22)34(31,32)24-13-7-19(2)8-14-24/h4-14,16-17H,3,15,18H2,1-2H3,(H,28,30)/b27-17-. The molecule has 0 atom stereocenters. The molecule has 1 N–H and O–H groups in total. The van der Waals surface area contributed by atoms with Gasteiger partial charge in [0.2, 0.25) is 0 Å². The van der Waals surface area contributed by atoms with E-state index in [0.29, 0.717) is 11.6 Å². The number of hydrogen-bond donors (Lipinski definition) is 1. The largest absolute Gasteiger partial charge is 0.494 e. The van der Waals surface area contributed by atoms with Crippen LogP contribution in [-0.2, 0) is 14.8 Å². The van der Waals surface area contributed by atoms with E-state index in [2.05, 4.69) is 10.5 Å². The Bertz CT molecular complexity index is 1240. The molecule has 3 aromatic carbocycles. The quantitative estimate of drug-likeness (QED) is 0.321. The van der Waals surface area contributed by atoms with Gasteiger partial charge in [0, 0.05) is 5.02 Å². The molecular formula is C25H26ClN3O4S. The summed E-state index contributed by atoms with van der Waals surface area (Å²) in [5, 5.41) is 4.30. The highest BCUT2D eigenvalue weighted by molar-refractivity contribution is 7.92. The highest BCUT2D eigenvalue weighted by atomic mass is 35.5. The third-order valence-electron chi connectivity index (χ3n) is 4.75. The number of amides is 1. The van der Waals surface area contributed by atoms with Crippen LogP contribution in [0, 0.1) is 6.92 Å². The van der Waals surface area contributed by atoms with Crippen molar-refractivity contribution in [1.29, 1.82) is 0 Å². The van der Waals surface area contributed by atoms with E-state index in [0.717, 1.165) is 27.6 Å². The number of hydrazone groups is 1. The van der Waals surface area contributed by atoms with Crippen LogP contribution >= 0.6 is 11.6 Å². The van der Waals surface area contributed by atoms with Gasteiger partial charge in [0.1, 0.15) is 12.3 Å². The first-order chi connectivity index (χ1) is 16.3. The molecule has 0 radical (unpaired) electrons. The Hall–Kier alpha value is -3.36. The van der Waals surface area contributed by atoms with Crippen LogP contribution in [0.5, 0.6) is 5.75 Å². The second-order valence-corrected chi connectivity index (χ2v) is 9.81. The fourth-order valence-corrected chi connectivity index (χ4v) is 4.60. The summed E-state index contributed by atoms with van der Waals surface area (Å²) in [4.78, 5) is 12.7. The van der Waals surface area contributed by atoms with Gasteiger partial charge >= 0.3 is 0 Å². The van der Waals surface area contributed by atoms with Crippen molar-refractivity contribution in [2.75, 3.05) is 17.5 Å². The Morgan fingerprint density at radius 2 is 1.79 bits per heavy atom. The number of hydrogen-bond acceptors (Lipinski definition) is 5. The number of carbonyl (C=O) groups is 1. The van der Waals surface area contributed by atoms with Crippen LogP contribution in [-0.4, -0.2) is 33.7 Å². The van der Waals surface area contributed by atoms with Crippen molar-refractivity contribution in [3.05, 3.63) is 88.9 Å². The number of rotatable bonds is 10. The van der Waals surface area contributed by atoms with Gasteiger partial charge in [0.25, 0.3) is 15.9 Å². The molecule has 0 saturated heterocycles. The Morgan fingerprint density at radius 3 is 2.44 bits per heavy atom. The van der Waals surface area contributed by atoms with Gasteiger partial charge in [-0.05, 0) is 73.5 Å². The molecule has 0 unspecified atom stereocenters. The lowest BCUT2D eigenvalue weighted by molar-refractivity contribution is -0.119. The van der Waals surface area contributed by atoms with Crippen LogP contribution in [0.4, 0.5) is 5.69 Å². The molecule has 3 rings (SSSR count). The SMILES string of the molecule is CCCOc1ccc(/C=N\NC(=O)CN(c2cccc(Cl)c2)S(=O)(=O)c2ccc(C)cc2)cc1. The number of nitrogens with zero attached hydrogens (tertiary/aromatic N) is 2. The second-order valence-electron chi connectivity index (χ2n) is 7.52. The maximum Gasteiger partial charge on any atom is 0.264 e. The number of sulfonamides is 1. The zero-order valence-corrected chi connectivity index (χ0v) is 20.5. The smallest absolute Gasteiger partial charge is 0.264 e. The third kappa shape index (κ3) is 6.82. The minimum absolute atomic E-state index is 0.0692. The first-order valence-corrected chi connectivity index (χ1v) is 12.5. The van der Waals surface area contributed by atoms with Gasteiger partial charge in [-0.2, -0.15) is 5.10 Å². The van der Waals surface area contributed by atoms with Gasteiger partial charge in [-0.1, -0.05) is 42.3 Å². The average Bonchev–Trinajstić information content (AvgIpc) is 2.82. The zero-order valence-electron chi connectivity index (χ0n) is 18.9. The van der Waals surface area contributed by atoms with Crippen LogP contribution in [0.3, 0.4) is 0 Å². The van der Waals surface area contributed by atoms with E-state index in [1.54, 1.807) is 42.5 Å². The molecule has 0 saturated carbocycles. The molecule has 7 nitrogen and oxygen atoms in total. The van der Waals surface area contributed by atoms with Crippen LogP contribution in [0.2, 0.25) is 5.02 Å². The van der Waals surface area contributed by atoms with Crippen LogP contribution in [0.15, 0.2) is 82.8 Å². The van der Waals surface area contributed by atoms with Crippen molar-refractivity contribution in [1.82, 2.24) is 5.43 Å². The maximum atomic E-state index is 13.3. The number of ether oxygens (including phenoxy) is 1. The molecule has 3 aromatic rings. The number of nitrogens with one attached hydrogen (secondary N) is 1. The van der Waals surface area contributed by atoms with E-state index < -0.39 is 22.5 Å². The third-order valence-corrected chi connectivity index (χ3v) is 6.77. The van der Waals surface area contributed by atoms with E-state index in [4.69, 9.17) is 16.3 Å². The summed E-state index contributed by atoms with van der Waals surface area (Å²) in [5.74, 6) is 0.149. The molecule has 0 aliphatic carbocycles. The van der Waals surface area contributed by atoms with E-state index >= 15 is 0 Å². The van der Waals surface area contributed by atoms with E-state index in [9.17, 15) is 13.2 Å². The number of halogens is 1. The van der Waals surface area contributed by atoms with Gasteiger partial charge in [0.15, 0.2) is 0 Å². The fraction of sp³-hybridized carbons (Fsp3) is 0.200. The fourth-order valence-electron chi connectivity index (χ4n) is 3.00. The molecule has 178 valence electrons. The minimum atomic E-state index is -4.02. The van der Waals surface area contributed by atoms with E-state index in [1.807, 2.05) is 26.0 Å². The molecule has 0 spiro atoms. The Kier molecular flexibility index (Phi) is 8.67. The molecule has 9 heteroatoms. The topological polar surface area (TPSA) is 88.1 Å². The Morgan fingerprint density at radius 1 is 1.09 bits per heavy atom. The first-order valence-electron chi connectivity index (χ1n) is 10.7. The molecule has 0 fully saturated rings. The van der Waals surface area contributed by atoms with Crippen LogP contribution < -0.4 is 14.5 Å². The van der Waals surface area contributed by atoms with Crippen molar-refractivity contribution in [2.24, 2.45) is 5.10 Å². The average molecular weight is 500 g/mol. The number of aryl methyl sites for hydroxylation is 1. The summed E-state index contributed by atoms with van der Waals surface area (Å²) < 4.78 is 33.2. The number of anilines is 1. The van der Waals surface area contributed by atoms with Crippen LogP contribution in [0.1, 0.15) is 24.5 Å². The number of carbonyl (C=O) groups excluding carboxylic acids is 1. The lowest BCUT2D eigenvalue weighted by Gasteiger charge is -2.24. The summed E-state index contributed by atoms with van der Waals surface area (Å²) >= 11 is 6.08.